The molecule has 112 valence electrons. The SMILES string of the molecule is I.NC(=NCCc1ccccc1Cl)NC1CCCCC1. The smallest absolute Gasteiger partial charge is 0.188 e. The third-order valence-electron chi connectivity index (χ3n) is 3.58. The van der Waals surface area contributed by atoms with Crippen LogP contribution in [0, 0.1) is 0 Å². The van der Waals surface area contributed by atoms with E-state index in [0.717, 1.165) is 17.0 Å². The molecule has 0 aromatic heterocycles. The minimum atomic E-state index is 0. The fourth-order valence-corrected chi connectivity index (χ4v) is 2.73. The first-order valence-corrected chi connectivity index (χ1v) is 7.43. The monoisotopic (exact) mass is 407 g/mol. The average molecular weight is 408 g/mol. The lowest BCUT2D eigenvalue weighted by Gasteiger charge is -2.23. The van der Waals surface area contributed by atoms with Crippen molar-refractivity contribution in [3.05, 3.63) is 34.9 Å². The van der Waals surface area contributed by atoms with Crippen molar-refractivity contribution in [3.63, 3.8) is 0 Å². The van der Waals surface area contributed by atoms with Crippen LogP contribution in [0.2, 0.25) is 5.02 Å². The van der Waals surface area contributed by atoms with Crippen LogP contribution in [0.5, 0.6) is 0 Å². The number of halogens is 2. The highest BCUT2D eigenvalue weighted by Crippen LogP contribution is 2.17. The molecule has 0 heterocycles. The van der Waals surface area contributed by atoms with E-state index in [1.54, 1.807) is 0 Å². The molecule has 3 nitrogen and oxygen atoms in total. The summed E-state index contributed by atoms with van der Waals surface area (Å²) in [7, 11) is 0. The van der Waals surface area contributed by atoms with Crippen LogP contribution in [0.15, 0.2) is 29.3 Å². The molecular weight excluding hydrogens is 385 g/mol. The zero-order chi connectivity index (χ0) is 13.5. The number of nitrogens with one attached hydrogen (secondary N) is 1. The lowest BCUT2D eigenvalue weighted by molar-refractivity contribution is 0.412. The van der Waals surface area contributed by atoms with Crippen LogP contribution in [0.1, 0.15) is 37.7 Å². The standard InChI is InChI=1S/C15H22ClN3.HI/c16-14-9-5-4-6-12(14)10-11-18-15(17)19-13-7-2-1-3-8-13;/h4-6,9,13H,1-3,7-8,10-11H2,(H3,17,18,19);1H. The van der Waals surface area contributed by atoms with E-state index in [1.807, 2.05) is 24.3 Å². The zero-order valence-electron chi connectivity index (χ0n) is 11.6. The van der Waals surface area contributed by atoms with Crippen molar-refractivity contribution in [2.24, 2.45) is 10.7 Å². The summed E-state index contributed by atoms with van der Waals surface area (Å²) >= 11 is 6.10. The van der Waals surface area contributed by atoms with Gasteiger partial charge in [-0.25, -0.2) is 0 Å². The molecule has 0 radical (unpaired) electrons. The Morgan fingerprint density at radius 1 is 1.25 bits per heavy atom. The van der Waals surface area contributed by atoms with Crippen LogP contribution in [0.25, 0.3) is 0 Å². The van der Waals surface area contributed by atoms with Gasteiger partial charge in [-0.2, -0.15) is 0 Å². The van der Waals surface area contributed by atoms with E-state index >= 15 is 0 Å². The second-order valence-corrected chi connectivity index (χ2v) is 5.49. The maximum atomic E-state index is 6.10. The van der Waals surface area contributed by atoms with E-state index in [0.29, 0.717) is 18.5 Å². The Hall–Kier alpha value is -0.490. The van der Waals surface area contributed by atoms with E-state index in [9.17, 15) is 0 Å². The summed E-state index contributed by atoms with van der Waals surface area (Å²) in [5.74, 6) is 0.568. The molecule has 0 amide bonds. The Balaban J connectivity index is 0.00000200. The van der Waals surface area contributed by atoms with Crippen molar-refractivity contribution in [3.8, 4) is 0 Å². The molecule has 2 rings (SSSR count). The van der Waals surface area contributed by atoms with Crippen molar-refractivity contribution in [1.29, 1.82) is 0 Å². The first kappa shape index (κ1) is 17.6. The molecule has 5 heteroatoms. The molecule has 1 aliphatic carbocycles. The number of aliphatic imine (C=N–C) groups is 1. The van der Waals surface area contributed by atoms with E-state index in [2.05, 4.69) is 10.3 Å². The minimum absolute atomic E-state index is 0. The molecule has 20 heavy (non-hydrogen) atoms. The molecule has 0 aliphatic heterocycles. The lowest BCUT2D eigenvalue weighted by atomic mass is 9.96. The highest BCUT2D eigenvalue weighted by atomic mass is 127. The Kier molecular flexibility index (Phi) is 8.30. The molecule has 0 unspecified atom stereocenters. The van der Waals surface area contributed by atoms with Gasteiger partial charge in [-0.15, -0.1) is 24.0 Å². The van der Waals surface area contributed by atoms with Crippen molar-refractivity contribution in [2.45, 2.75) is 44.6 Å². The number of nitrogens with zero attached hydrogens (tertiary/aromatic N) is 1. The Labute approximate surface area is 143 Å². The van der Waals surface area contributed by atoms with Crippen LogP contribution >= 0.6 is 35.6 Å². The van der Waals surface area contributed by atoms with Gasteiger partial charge in [0.05, 0.1) is 0 Å². The maximum Gasteiger partial charge on any atom is 0.188 e. The molecule has 1 aliphatic rings. The molecule has 1 aromatic carbocycles. The molecule has 0 saturated heterocycles. The van der Waals surface area contributed by atoms with Gasteiger partial charge in [-0.3, -0.25) is 4.99 Å². The second kappa shape index (κ2) is 9.45. The quantitative estimate of drug-likeness (QED) is 0.454. The lowest BCUT2D eigenvalue weighted by Crippen LogP contribution is -2.41. The Morgan fingerprint density at radius 2 is 1.95 bits per heavy atom. The third-order valence-corrected chi connectivity index (χ3v) is 3.95. The van der Waals surface area contributed by atoms with Crippen molar-refractivity contribution >= 4 is 41.5 Å². The van der Waals surface area contributed by atoms with Crippen LogP contribution in [0.4, 0.5) is 0 Å². The predicted molar refractivity (Wildman–Crippen MR) is 97.1 cm³/mol. The van der Waals surface area contributed by atoms with Gasteiger partial charge in [0.15, 0.2) is 5.96 Å². The molecular formula is C15H23ClIN3. The summed E-state index contributed by atoms with van der Waals surface area (Å²) in [6.07, 6.45) is 7.19. The Morgan fingerprint density at radius 3 is 2.65 bits per heavy atom. The average Bonchev–Trinajstić information content (AvgIpc) is 2.42. The second-order valence-electron chi connectivity index (χ2n) is 5.09. The number of benzene rings is 1. The van der Waals surface area contributed by atoms with E-state index in [4.69, 9.17) is 17.3 Å². The molecule has 3 N–H and O–H groups in total. The number of rotatable bonds is 4. The maximum absolute atomic E-state index is 6.10. The van der Waals surface area contributed by atoms with E-state index in [1.165, 1.54) is 32.1 Å². The zero-order valence-corrected chi connectivity index (χ0v) is 14.7. The Bertz CT molecular complexity index is 431. The molecule has 0 bridgehead atoms. The number of nitrogens with two attached hydrogens (primary N) is 1. The summed E-state index contributed by atoms with van der Waals surface area (Å²) in [5.41, 5.74) is 7.04. The van der Waals surface area contributed by atoms with Gasteiger partial charge in [0.2, 0.25) is 0 Å². The summed E-state index contributed by atoms with van der Waals surface area (Å²) in [6, 6.07) is 8.38. The van der Waals surface area contributed by atoms with Gasteiger partial charge in [0.25, 0.3) is 0 Å². The fourth-order valence-electron chi connectivity index (χ4n) is 2.50. The van der Waals surface area contributed by atoms with E-state index < -0.39 is 0 Å². The van der Waals surface area contributed by atoms with Gasteiger partial charge in [0.1, 0.15) is 0 Å². The van der Waals surface area contributed by atoms with Gasteiger partial charge < -0.3 is 11.1 Å². The van der Waals surface area contributed by atoms with Crippen LogP contribution in [0.3, 0.4) is 0 Å². The molecule has 1 aromatic rings. The van der Waals surface area contributed by atoms with Crippen LogP contribution < -0.4 is 11.1 Å². The summed E-state index contributed by atoms with van der Waals surface area (Å²) in [6.45, 7) is 0.676. The highest BCUT2D eigenvalue weighted by molar-refractivity contribution is 14.0. The molecule has 0 atom stereocenters. The van der Waals surface area contributed by atoms with Crippen molar-refractivity contribution < 1.29 is 0 Å². The minimum Gasteiger partial charge on any atom is -0.370 e. The predicted octanol–water partition coefficient (Wildman–Crippen LogP) is 3.74. The van der Waals surface area contributed by atoms with Gasteiger partial charge >= 0.3 is 0 Å². The fraction of sp³-hybridized carbons (Fsp3) is 0.533. The van der Waals surface area contributed by atoms with Gasteiger partial charge in [-0.1, -0.05) is 49.1 Å². The first-order chi connectivity index (χ1) is 9.25. The van der Waals surface area contributed by atoms with Gasteiger partial charge in [-0.05, 0) is 30.9 Å². The largest absolute Gasteiger partial charge is 0.370 e. The normalized spacial score (nSPS) is 16.6. The molecule has 1 fully saturated rings. The number of hydrogen-bond donors (Lipinski definition) is 2. The van der Waals surface area contributed by atoms with Crippen LogP contribution in [-0.4, -0.2) is 18.5 Å². The summed E-state index contributed by atoms with van der Waals surface area (Å²) < 4.78 is 0. The van der Waals surface area contributed by atoms with Crippen molar-refractivity contribution in [2.75, 3.05) is 6.54 Å². The van der Waals surface area contributed by atoms with Crippen LogP contribution in [-0.2, 0) is 6.42 Å². The van der Waals surface area contributed by atoms with Gasteiger partial charge in [0, 0.05) is 17.6 Å². The number of hydrogen-bond acceptors (Lipinski definition) is 1. The molecule has 1 saturated carbocycles. The molecule has 0 spiro atoms. The van der Waals surface area contributed by atoms with Crippen molar-refractivity contribution in [1.82, 2.24) is 5.32 Å². The summed E-state index contributed by atoms with van der Waals surface area (Å²) in [5, 5.41) is 4.12. The highest BCUT2D eigenvalue weighted by Gasteiger charge is 2.13. The first-order valence-electron chi connectivity index (χ1n) is 7.05. The van der Waals surface area contributed by atoms with E-state index in [-0.39, 0.29) is 24.0 Å². The summed E-state index contributed by atoms with van der Waals surface area (Å²) in [4.78, 5) is 4.38. The topological polar surface area (TPSA) is 50.4 Å². The third kappa shape index (κ3) is 5.87. The number of guanidine groups is 1.